The molecule has 1 heterocycles. The van der Waals surface area contributed by atoms with Crippen LogP contribution in [-0.4, -0.2) is 18.2 Å². The minimum absolute atomic E-state index is 0.0451. The van der Waals surface area contributed by atoms with Gasteiger partial charge in [-0.1, -0.05) is 24.8 Å². The van der Waals surface area contributed by atoms with E-state index < -0.39 is 5.63 Å². The van der Waals surface area contributed by atoms with Gasteiger partial charge in [-0.05, 0) is 24.6 Å². The number of carbonyl (C=O) groups is 2. The Morgan fingerprint density at radius 2 is 2.05 bits per heavy atom. The Labute approximate surface area is 121 Å². The first-order valence-electron chi connectivity index (χ1n) is 6.58. The fraction of sp³-hybridized carbons (Fsp3) is 0.188. The summed E-state index contributed by atoms with van der Waals surface area (Å²) >= 11 is 0. The number of hydrogen-bond acceptors (Lipinski definition) is 4. The van der Waals surface area contributed by atoms with Crippen molar-refractivity contribution in [3.05, 3.63) is 59.0 Å². The predicted molar refractivity (Wildman–Crippen MR) is 79.3 cm³/mol. The molecule has 21 heavy (non-hydrogen) atoms. The molecule has 0 unspecified atom stereocenters. The highest BCUT2D eigenvalue weighted by Crippen LogP contribution is 2.13. The van der Waals surface area contributed by atoms with Crippen LogP contribution in [0.1, 0.15) is 23.2 Å². The molecule has 108 valence electrons. The highest BCUT2D eigenvalue weighted by atomic mass is 16.4. The molecule has 0 aliphatic rings. The number of Topliss-reactive ketones (excluding diaryl/α,β-unsaturated/α-hetero) is 1. The normalized spacial score (nSPS) is 10.3. The molecule has 0 aliphatic heterocycles. The second-order valence-corrected chi connectivity index (χ2v) is 4.51. The van der Waals surface area contributed by atoms with Gasteiger partial charge >= 0.3 is 5.63 Å². The van der Waals surface area contributed by atoms with Crippen molar-refractivity contribution in [3.63, 3.8) is 0 Å². The lowest BCUT2D eigenvalue weighted by atomic mass is 10.1. The van der Waals surface area contributed by atoms with E-state index in [2.05, 4.69) is 11.9 Å². The van der Waals surface area contributed by atoms with Crippen molar-refractivity contribution in [1.82, 2.24) is 5.32 Å². The van der Waals surface area contributed by atoms with E-state index in [9.17, 15) is 14.4 Å². The molecular weight excluding hydrogens is 270 g/mol. The number of benzene rings is 1. The standard InChI is InChI=1S/C16H15NO4/c1-2-15(19)17-9-5-7-13(18)12-10-11-6-3-4-8-14(11)21-16(12)20/h2-4,6,8,10H,1,5,7,9H2,(H,17,19). The minimum Gasteiger partial charge on any atom is -0.422 e. The zero-order chi connectivity index (χ0) is 15.2. The Balaban J connectivity index is 2.05. The summed E-state index contributed by atoms with van der Waals surface area (Å²) in [5.74, 6) is -0.574. The summed E-state index contributed by atoms with van der Waals surface area (Å²) < 4.78 is 5.12. The van der Waals surface area contributed by atoms with Gasteiger partial charge in [-0.25, -0.2) is 4.79 Å². The van der Waals surface area contributed by atoms with Crippen LogP contribution in [0, 0.1) is 0 Å². The first-order chi connectivity index (χ1) is 10.1. The molecule has 0 spiro atoms. The largest absolute Gasteiger partial charge is 0.422 e. The quantitative estimate of drug-likeness (QED) is 0.381. The average molecular weight is 285 g/mol. The van der Waals surface area contributed by atoms with E-state index in [0.29, 0.717) is 23.9 Å². The van der Waals surface area contributed by atoms with Gasteiger partial charge in [-0.2, -0.15) is 0 Å². The Morgan fingerprint density at radius 1 is 1.29 bits per heavy atom. The maximum Gasteiger partial charge on any atom is 0.347 e. The summed E-state index contributed by atoms with van der Waals surface area (Å²) in [4.78, 5) is 34.8. The van der Waals surface area contributed by atoms with Crippen LogP contribution in [0.2, 0.25) is 0 Å². The fourth-order valence-corrected chi connectivity index (χ4v) is 1.92. The van der Waals surface area contributed by atoms with Gasteiger partial charge in [-0.15, -0.1) is 0 Å². The molecule has 0 saturated carbocycles. The second kappa shape index (κ2) is 6.65. The number of para-hydroxylation sites is 1. The Morgan fingerprint density at radius 3 is 2.81 bits per heavy atom. The monoisotopic (exact) mass is 285 g/mol. The summed E-state index contributed by atoms with van der Waals surface area (Å²) in [6, 6.07) is 8.57. The van der Waals surface area contributed by atoms with Crippen LogP contribution in [0.25, 0.3) is 11.0 Å². The molecule has 1 N–H and O–H groups in total. The average Bonchev–Trinajstić information content (AvgIpc) is 2.50. The molecular formula is C16H15NO4. The molecule has 5 heteroatoms. The Hall–Kier alpha value is -2.69. The topological polar surface area (TPSA) is 76.4 Å². The Kier molecular flexibility index (Phi) is 4.66. The van der Waals surface area contributed by atoms with Gasteiger partial charge < -0.3 is 9.73 Å². The smallest absolute Gasteiger partial charge is 0.347 e. The third-order valence-corrected chi connectivity index (χ3v) is 3.01. The summed E-state index contributed by atoms with van der Waals surface area (Å²) in [5, 5.41) is 3.28. The second-order valence-electron chi connectivity index (χ2n) is 4.51. The van der Waals surface area contributed by atoms with Gasteiger partial charge in [-0.3, -0.25) is 9.59 Å². The SMILES string of the molecule is C=CC(=O)NCCCC(=O)c1cc2ccccc2oc1=O. The first kappa shape index (κ1) is 14.7. The van der Waals surface area contributed by atoms with Crippen molar-refractivity contribution in [2.24, 2.45) is 0 Å². The summed E-state index contributed by atoms with van der Waals surface area (Å²) in [6.45, 7) is 3.69. The molecule has 0 bridgehead atoms. The van der Waals surface area contributed by atoms with E-state index in [0.717, 1.165) is 0 Å². The fourth-order valence-electron chi connectivity index (χ4n) is 1.92. The lowest BCUT2D eigenvalue weighted by Crippen LogP contribution is -2.23. The molecule has 5 nitrogen and oxygen atoms in total. The zero-order valence-corrected chi connectivity index (χ0v) is 11.4. The highest BCUT2D eigenvalue weighted by molar-refractivity contribution is 5.98. The molecule has 1 aromatic heterocycles. The first-order valence-corrected chi connectivity index (χ1v) is 6.58. The zero-order valence-electron chi connectivity index (χ0n) is 11.4. The van der Waals surface area contributed by atoms with Gasteiger partial charge in [0.2, 0.25) is 5.91 Å². The molecule has 1 amide bonds. The van der Waals surface area contributed by atoms with Crippen molar-refractivity contribution >= 4 is 22.7 Å². The van der Waals surface area contributed by atoms with Gasteiger partial charge in [0.25, 0.3) is 0 Å². The minimum atomic E-state index is -0.631. The number of rotatable bonds is 6. The maximum absolute atomic E-state index is 12.0. The van der Waals surface area contributed by atoms with E-state index in [1.807, 2.05) is 0 Å². The number of fused-ring (bicyclic) bond motifs is 1. The molecule has 1 aromatic carbocycles. The van der Waals surface area contributed by atoms with Crippen LogP contribution in [-0.2, 0) is 4.79 Å². The van der Waals surface area contributed by atoms with Crippen molar-refractivity contribution in [1.29, 1.82) is 0 Å². The van der Waals surface area contributed by atoms with E-state index in [1.165, 1.54) is 6.08 Å². The van der Waals surface area contributed by atoms with E-state index in [1.54, 1.807) is 30.3 Å². The summed E-state index contributed by atoms with van der Waals surface area (Å²) in [5.41, 5.74) is -0.130. The molecule has 0 fully saturated rings. The van der Waals surface area contributed by atoms with Crippen molar-refractivity contribution in [2.45, 2.75) is 12.8 Å². The van der Waals surface area contributed by atoms with Gasteiger partial charge in [0, 0.05) is 18.4 Å². The molecule has 0 saturated heterocycles. The van der Waals surface area contributed by atoms with E-state index in [4.69, 9.17) is 4.42 Å². The molecule has 2 aromatic rings. The maximum atomic E-state index is 12.0. The Bertz CT molecular complexity index is 745. The van der Waals surface area contributed by atoms with Crippen LogP contribution in [0.15, 0.2) is 52.2 Å². The van der Waals surface area contributed by atoms with Crippen molar-refractivity contribution in [3.8, 4) is 0 Å². The number of amides is 1. The van der Waals surface area contributed by atoms with Crippen LogP contribution < -0.4 is 10.9 Å². The molecule has 0 aliphatic carbocycles. The molecule has 0 radical (unpaired) electrons. The lowest BCUT2D eigenvalue weighted by molar-refractivity contribution is -0.116. The van der Waals surface area contributed by atoms with Crippen LogP contribution in [0.3, 0.4) is 0 Å². The lowest BCUT2D eigenvalue weighted by Gasteiger charge is -2.03. The third-order valence-electron chi connectivity index (χ3n) is 3.01. The number of carbonyl (C=O) groups excluding carboxylic acids is 2. The molecule has 2 rings (SSSR count). The number of ketones is 1. The van der Waals surface area contributed by atoms with Gasteiger partial charge in [0.1, 0.15) is 11.1 Å². The number of hydrogen-bond donors (Lipinski definition) is 1. The van der Waals surface area contributed by atoms with Crippen LogP contribution in [0.5, 0.6) is 0 Å². The van der Waals surface area contributed by atoms with Gasteiger partial charge in [0.15, 0.2) is 5.78 Å². The van der Waals surface area contributed by atoms with Crippen molar-refractivity contribution in [2.75, 3.05) is 6.54 Å². The van der Waals surface area contributed by atoms with Gasteiger partial charge in [0.05, 0.1) is 0 Å². The summed E-state index contributed by atoms with van der Waals surface area (Å²) in [7, 11) is 0. The predicted octanol–water partition coefficient (Wildman–Crippen LogP) is 2.06. The highest BCUT2D eigenvalue weighted by Gasteiger charge is 2.13. The van der Waals surface area contributed by atoms with Crippen molar-refractivity contribution < 1.29 is 14.0 Å². The van der Waals surface area contributed by atoms with E-state index in [-0.39, 0.29) is 23.7 Å². The number of nitrogens with one attached hydrogen (secondary N) is 1. The van der Waals surface area contributed by atoms with E-state index >= 15 is 0 Å². The van der Waals surface area contributed by atoms with Crippen LogP contribution in [0.4, 0.5) is 0 Å². The third kappa shape index (κ3) is 3.66. The molecule has 0 atom stereocenters. The van der Waals surface area contributed by atoms with Crippen LogP contribution >= 0.6 is 0 Å². The summed E-state index contributed by atoms with van der Waals surface area (Å²) in [6.07, 6.45) is 1.78.